The summed E-state index contributed by atoms with van der Waals surface area (Å²) < 4.78 is 14.6. The number of benzene rings is 1. The Morgan fingerprint density at radius 3 is 2.88 bits per heavy atom. The Hall–Kier alpha value is -0.450. The summed E-state index contributed by atoms with van der Waals surface area (Å²) in [7, 11) is 2.02. The van der Waals surface area contributed by atoms with E-state index in [0.29, 0.717) is 12.6 Å². The monoisotopic (exact) mass is 300 g/mol. The normalized spacial score (nSPS) is 24.5. The highest BCUT2D eigenvalue weighted by Gasteiger charge is 2.27. The van der Waals surface area contributed by atoms with Crippen LogP contribution in [-0.4, -0.2) is 24.0 Å². The van der Waals surface area contributed by atoms with Crippen LogP contribution >= 0.6 is 15.9 Å². The first-order valence-corrected chi connectivity index (χ1v) is 6.77. The molecule has 0 amide bonds. The maximum atomic E-state index is 13.6. The summed E-state index contributed by atoms with van der Waals surface area (Å²) in [5.41, 5.74) is 6.78. The van der Waals surface area contributed by atoms with E-state index in [0.717, 1.165) is 22.9 Å². The van der Waals surface area contributed by atoms with Gasteiger partial charge in [-0.3, -0.25) is 4.90 Å². The third-order valence-corrected chi connectivity index (χ3v) is 4.02. The maximum absolute atomic E-state index is 13.6. The van der Waals surface area contributed by atoms with Gasteiger partial charge in [-0.05, 0) is 38.1 Å². The Morgan fingerprint density at radius 2 is 2.24 bits per heavy atom. The van der Waals surface area contributed by atoms with Crippen LogP contribution in [-0.2, 0) is 6.54 Å². The van der Waals surface area contributed by atoms with Crippen LogP contribution in [0.1, 0.15) is 24.8 Å². The van der Waals surface area contributed by atoms with Gasteiger partial charge in [0.05, 0.1) is 0 Å². The Labute approximate surface area is 110 Å². The second kappa shape index (κ2) is 5.46. The molecule has 1 aliphatic carbocycles. The minimum Gasteiger partial charge on any atom is -0.326 e. The molecule has 17 heavy (non-hydrogen) atoms. The number of nitrogens with two attached hydrogens (primary N) is 1. The number of halogens is 2. The van der Waals surface area contributed by atoms with Crippen molar-refractivity contribution in [1.82, 2.24) is 4.90 Å². The van der Waals surface area contributed by atoms with Crippen molar-refractivity contribution in [2.45, 2.75) is 37.9 Å². The van der Waals surface area contributed by atoms with E-state index in [9.17, 15) is 4.39 Å². The molecule has 1 saturated carbocycles. The lowest BCUT2D eigenvalue weighted by molar-refractivity contribution is 0.218. The molecule has 2 N–H and O–H groups in total. The Bertz CT molecular complexity index is 397. The van der Waals surface area contributed by atoms with Crippen molar-refractivity contribution in [2.75, 3.05) is 7.05 Å². The van der Waals surface area contributed by atoms with E-state index in [4.69, 9.17) is 5.73 Å². The molecule has 2 unspecified atom stereocenters. The van der Waals surface area contributed by atoms with Crippen molar-refractivity contribution in [3.05, 3.63) is 34.1 Å². The van der Waals surface area contributed by atoms with Crippen molar-refractivity contribution in [3.63, 3.8) is 0 Å². The van der Waals surface area contributed by atoms with Crippen molar-refractivity contribution in [2.24, 2.45) is 5.73 Å². The van der Waals surface area contributed by atoms with Crippen LogP contribution in [0.3, 0.4) is 0 Å². The predicted octanol–water partition coefficient (Wildman–Crippen LogP) is 2.90. The second-order valence-electron chi connectivity index (χ2n) is 4.81. The Morgan fingerprint density at radius 1 is 1.47 bits per heavy atom. The first-order chi connectivity index (χ1) is 8.08. The predicted molar refractivity (Wildman–Crippen MR) is 71.2 cm³/mol. The van der Waals surface area contributed by atoms with Gasteiger partial charge < -0.3 is 5.73 Å². The van der Waals surface area contributed by atoms with E-state index in [-0.39, 0.29) is 11.9 Å². The first kappa shape index (κ1) is 13.0. The fourth-order valence-corrected chi connectivity index (χ4v) is 2.98. The van der Waals surface area contributed by atoms with Crippen LogP contribution in [0.5, 0.6) is 0 Å². The molecule has 1 fully saturated rings. The Balaban J connectivity index is 2.07. The fraction of sp³-hybridized carbons (Fsp3) is 0.538. The average molecular weight is 301 g/mol. The topological polar surface area (TPSA) is 29.3 Å². The van der Waals surface area contributed by atoms with Gasteiger partial charge in [0.15, 0.2) is 0 Å². The van der Waals surface area contributed by atoms with E-state index in [1.807, 2.05) is 13.1 Å². The van der Waals surface area contributed by atoms with Crippen LogP contribution in [0, 0.1) is 5.82 Å². The SMILES string of the molecule is CN(Cc1cc(Br)ccc1F)C1CCCC1N. The van der Waals surface area contributed by atoms with E-state index < -0.39 is 0 Å². The highest BCUT2D eigenvalue weighted by Crippen LogP contribution is 2.24. The Kier molecular flexibility index (Phi) is 4.17. The summed E-state index contributed by atoms with van der Waals surface area (Å²) in [5, 5.41) is 0. The molecule has 2 nitrogen and oxygen atoms in total. The molecule has 0 radical (unpaired) electrons. The van der Waals surface area contributed by atoms with Gasteiger partial charge >= 0.3 is 0 Å². The van der Waals surface area contributed by atoms with E-state index >= 15 is 0 Å². The number of hydrogen-bond donors (Lipinski definition) is 1. The highest BCUT2D eigenvalue weighted by atomic mass is 79.9. The standard InChI is InChI=1S/C13H18BrFN2/c1-17(13-4-2-3-12(13)16)8-9-7-10(14)5-6-11(9)15/h5-7,12-13H,2-4,8,16H2,1H3. The lowest BCUT2D eigenvalue weighted by atomic mass is 10.1. The summed E-state index contributed by atoms with van der Waals surface area (Å²) in [6.07, 6.45) is 3.38. The third-order valence-electron chi connectivity index (χ3n) is 3.53. The van der Waals surface area contributed by atoms with Gasteiger partial charge in [-0.15, -0.1) is 0 Å². The van der Waals surface area contributed by atoms with Gasteiger partial charge in [0, 0.05) is 28.7 Å². The lowest BCUT2D eigenvalue weighted by Crippen LogP contribution is -2.41. The third kappa shape index (κ3) is 3.06. The van der Waals surface area contributed by atoms with Crippen LogP contribution in [0.15, 0.2) is 22.7 Å². The van der Waals surface area contributed by atoms with Gasteiger partial charge in [0.1, 0.15) is 5.82 Å². The van der Waals surface area contributed by atoms with E-state index in [1.165, 1.54) is 12.5 Å². The molecule has 94 valence electrons. The molecule has 1 aromatic rings. The smallest absolute Gasteiger partial charge is 0.127 e. The van der Waals surface area contributed by atoms with E-state index in [1.54, 1.807) is 6.07 Å². The molecule has 2 atom stereocenters. The van der Waals surface area contributed by atoms with Crippen molar-refractivity contribution in [1.29, 1.82) is 0 Å². The summed E-state index contributed by atoms with van der Waals surface area (Å²) in [6, 6.07) is 5.68. The lowest BCUT2D eigenvalue weighted by Gasteiger charge is -2.27. The van der Waals surface area contributed by atoms with Gasteiger partial charge in [-0.1, -0.05) is 22.4 Å². The van der Waals surface area contributed by atoms with Crippen molar-refractivity contribution in [3.8, 4) is 0 Å². The molecule has 0 spiro atoms. The summed E-state index contributed by atoms with van der Waals surface area (Å²) >= 11 is 3.37. The van der Waals surface area contributed by atoms with Crippen LogP contribution < -0.4 is 5.73 Å². The molecule has 1 aromatic carbocycles. The zero-order valence-corrected chi connectivity index (χ0v) is 11.6. The van der Waals surface area contributed by atoms with Gasteiger partial charge in [-0.25, -0.2) is 4.39 Å². The number of likely N-dealkylation sites (N-methyl/N-ethyl adjacent to an activating group) is 1. The number of hydrogen-bond acceptors (Lipinski definition) is 2. The zero-order valence-electron chi connectivity index (χ0n) is 10.00. The quantitative estimate of drug-likeness (QED) is 0.930. The molecule has 1 aliphatic rings. The van der Waals surface area contributed by atoms with Crippen LogP contribution in [0.4, 0.5) is 4.39 Å². The van der Waals surface area contributed by atoms with Crippen molar-refractivity contribution < 1.29 is 4.39 Å². The molecule has 2 rings (SSSR count). The molecule has 0 heterocycles. The van der Waals surface area contributed by atoms with Crippen LogP contribution in [0.25, 0.3) is 0 Å². The van der Waals surface area contributed by atoms with E-state index in [2.05, 4.69) is 20.8 Å². The van der Waals surface area contributed by atoms with Crippen LogP contribution in [0.2, 0.25) is 0 Å². The molecule has 0 aromatic heterocycles. The fourth-order valence-electron chi connectivity index (χ4n) is 2.57. The summed E-state index contributed by atoms with van der Waals surface area (Å²) in [5.74, 6) is -0.147. The minimum atomic E-state index is -0.147. The molecular formula is C13H18BrFN2. The molecule has 0 saturated heterocycles. The first-order valence-electron chi connectivity index (χ1n) is 5.97. The number of nitrogens with zero attached hydrogens (tertiary/aromatic N) is 1. The summed E-state index contributed by atoms with van der Waals surface area (Å²) in [6.45, 7) is 0.615. The van der Waals surface area contributed by atoms with Gasteiger partial charge in [0.25, 0.3) is 0 Å². The molecule has 0 aliphatic heterocycles. The number of rotatable bonds is 3. The zero-order chi connectivity index (χ0) is 12.4. The largest absolute Gasteiger partial charge is 0.326 e. The highest BCUT2D eigenvalue weighted by molar-refractivity contribution is 9.10. The second-order valence-corrected chi connectivity index (χ2v) is 5.73. The minimum absolute atomic E-state index is 0.147. The van der Waals surface area contributed by atoms with Crippen molar-refractivity contribution >= 4 is 15.9 Å². The van der Waals surface area contributed by atoms with Gasteiger partial charge in [-0.2, -0.15) is 0 Å². The molecule has 4 heteroatoms. The average Bonchev–Trinajstić information content (AvgIpc) is 2.70. The molecular weight excluding hydrogens is 283 g/mol. The summed E-state index contributed by atoms with van der Waals surface area (Å²) in [4.78, 5) is 2.17. The molecule has 0 bridgehead atoms. The maximum Gasteiger partial charge on any atom is 0.127 e. The van der Waals surface area contributed by atoms with Gasteiger partial charge in [0.2, 0.25) is 0 Å².